The molecule has 6 heteroatoms. The van der Waals surface area contributed by atoms with Crippen molar-refractivity contribution >= 4 is 16.6 Å². The quantitative estimate of drug-likeness (QED) is 0.775. The van der Waals surface area contributed by atoms with Gasteiger partial charge in [0.1, 0.15) is 17.4 Å². The predicted molar refractivity (Wildman–Crippen MR) is 55.9 cm³/mol. The van der Waals surface area contributed by atoms with E-state index in [4.69, 9.17) is 5.26 Å². The Morgan fingerprint density at radius 2 is 2.00 bits per heavy atom. The normalized spacial score (nSPS) is 10.3. The fraction of sp³-hybridized carbons (Fsp3) is 0.0909. The van der Waals surface area contributed by atoms with Crippen LogP contribution in [0, 0.1) is 28.8 Å². The Balaban J connectivity index is 3.01. The van der Waals surface area contributed by atoms with Crippen LogP contribution in [-0.2, 0) is 0 Å². The molecule has 0 amide bonds. The Hall–Kier alpha value is -2.29. The molecule has 0 radical (unpaired) electrons. The van der Waals surface area contributed by atoms with Gasteiger partial charge in [0.2, 0.25) is 0 Å². The number of hydrogen-bond donors (Lipinski definition) is 1. The fourth-order valence-corrected chi connectivity index (χ4v) is 1.61. The van der Waals surface area contributed by atoms with E-state index in [-0.39, 0.29) is 16.6 Å². The van der Waals surface area contributed by atoms with Gasteiger partial charge in [0.15, 0.2) is 11.6 Å². The van der Waals surface area contributed by atoms with E-state index >= 15 is 0 Å². The molecule has 0 aliphatic heterocycles. The summed E-state index contributed by atoms with van der Waals surface area (Å²) in [5, 5.41) is 11.2. The van der Waals surface area contributed by atoms with Crippen LogP contribution >= 0.6 is 0 Å². The van der Waals surface area contributed by atoms with Crippen LogP contribution in [0.25, 0.3) is 10.9 Å². The van der Waals surface area contributed by atoms with Crippen LogP contribution in [0.5, 0.6) is 0 Å². The molecule has 17 heavy (non-hydrogen) atoms. The molecule has 0 aliphatic rings. The van der Waals surface area contributed by atoms with E-state index in [1.165, 1.54) is 7.05 Å². The second-order valence-electron chi connectivity index (χ2n) is 3.29. The van der Waals surface area contributed by atoms with Crippen LogP contribution < -0.4 is 5.32 Å². The zero-order chi connectivity index (χ0) is 12.6. The van der Waals surface area contributed by atoms with E-state index < -0.39 is 23.0 Å². The predicted octanol–water partition coefficient (Wildman–Crippen LogP) is 2.57. The maximum absolute atomic E-state index is 13.6. The number of anilines is 1. The number of benzene rings is 1. The van der Waals surface area contributed by atoms with E-state index in [0.29, 0.717) is 6.07 Å². The Bertz CT molecular complexity index is 647. The molecule has 0 spiro atoms. The first-order chi connectivity index (χ1) is 8.10. The molecule has 1 heterocycles. The molecule has 0 unspecified atom stereocenters. The van der Waals surface area contributed by atoms with E-state index in [0.717, 1.165) is 6.20 Å². The minimum Gasteiger partial charge on any atom is -0.386 e. The third-order valence-electron chi connectivity index (χ3n) is 2.36. The summed E-state index contributed by atoms with van der Waals surface area (Å²) < 4.78 is 40.0. The van der Waals surface area contributed by atoms with Crippen molar-refractivity contribution < 1.29 is 13.2 Å². The van der Waals surface area contributed by atoms with Gasteiger partial charge < -0.3 is 5.32 Å². The minimum atomic E-state index is -1.31. The zero-order valence-electron chi connectivity index (χ0n) is 8.68. The largest absolute Gasteiger partial charge is 0.386 e. The van der Waals surface area contributed by atoms with Crippen molar-refractivity contribution in [2.75, 3.05) is 12.4 Å². The Morgan fingerprint density at radius 3 is 2.59 bits per heavy atom. The van der Waals surface area contributed by atoms with Crippen LogP contribution in [0.2, 0.25) is 0 Å². The molecule has 0 bridgehead atoms. The van der Waals surface area contributed by atoms with Gasteiger partial charge in [-0.3, -0.25) is 4.98 Å². The molecule has 0 aliphatic carbocycles. The van der Waals surface area contributed by atoms with Crippen molar-refractivity contribution in [3.8, 4) is 6.07 Å². The molecule has 1 aromatic heterocycles. The third-order valence-corrected chi connectivity index (χ3v) is 2.36. The Kier molecular flexibility index (Phi) is 2.60. The van der Waals surface area contributed by atoms with Crippen LogP contribution in [0.3, 0.4) is 0 Å². The highest BCUT2D eigenvalue weighted by Crippen LogP contribution is 2.30. The monoisotopic (exact) mass is 237 g/mol. The highest BCUT2D eigenvalue weighted by molar-refractivity contribution is 5.94. The average molecular weight is 237 g/mol. The van der Waals surface area contributed by atoms with E-state index in [1.807, 2.05) is 0 Å². The molecule has 3 nitrogen and oxygen atoms in total. The minimum absolute atomic E-state index is 0.0601. The number of aromatic nitrogens is 1. The van der Waals surface area contributed by atoms with Gasteiger partial charge in [-0.25, -0.2) is 13.2 Å². The maximum Gasteiger partial charge on any atom is 0.185 e. The first kappa shape index (κ1) is 11.2. The lowest BCUT2D eigenvalue weighted by Gasteiger charge is -2.09. The highest BCUT2D eigenvalue weighted by Gasteiger charge is 2.18. The van der Waals surface area contributed by atoms with Gasteiger partial charge >= 0.3 is 0 Å². The molecule has 0 saturated heterocycles. The van der Waals surface area contributed by atoms with Crippen LogP contribution in [0.4, 0.5) is 18.9 Å². The van der Waals surface area contributed by atoms with E-state index in [1.54, 1.807) is 6.07 Å². The van der Waals surface area contributed by atoms with Crippen molar-refractivity contribution in [1.82, 2.24) is 4.98 Å². The fourth-order valence-electron chi connectivity index (χ4n) is 1.61. The van der Waals surface area contributed by atoms with Crippen molar-refractivity contribution in [3.63, 3.8) is 0 Å². The van der Waals surface area contributed by atoms with Gasteiger partial charge in [0.25, 0.3) is 0 Å². The number of nitrogens with one attached hydrogen (secondary N) is 1. The number of fused-ring (bicyclic) bond motifs is 1. The van der Waals surface area contributed by atoms with Crippen LogP contribution in [-0.4, -0.2) is 12.0 Å². The van der Waals surface area contributed by atoms with E-state index in [2.05, 4.69) is 10.3 Å². The first-order valence-corrected chi connectivity index (χ1v) is 4.64. The van der Waals surface area contributed by atoms with Crippen molar-refractivity contribution in [2.45, 2.75) is 0 Å². The van der Waals surface area contributed by atoms with Crippen molar-refractivity contribution in [3.05, 3.63) is 35.3 Å². The first-order valence-electron chi connectivity index (χ1n) is 4.64. The standard InChI is InChI=1S/C11H6F3N3/c1-16-10-5(3-15)4-17-11-8(10)6(12)2-7(13)9(11)14/h2,4H,1H3,(H,16,17). The topological polar surface area (TPSA) is 48.7 Å². The second kappa shape index (κ2) is 3.94. The number of pyridine rings is 1. The molecule has 2 rings (SSSR count). The van der Waals surface area contributed by atoms with E-state index in [9.17, 15) is 13.2 Å². The summed E-state index contributed by atoms with van der Waals surface area (Å²) in [5.41, 5.74) is -0.287. The SMILES string of the molecule is CNc1c(C#N)cnc2c(F)c(F)cc(F)c12. The van der Waals surface area contributed by atoms with Gasteiger partial charge in [-0.15, -0.1) is 0 Å². The summed E-state index contributed by atoms with van der Waals surface area (Å²) in [6.07, 6.45) is 1.07. The summed E-state index contributed by atoms with van der Waals surface area (Å²) in [5.74, 6) is -3.51. The summed E-state index contributed by atoms with van der Waals surface area (Å²) in [6.45, 7) is 0. The summed E-state index contributed by atoms with van der Waals surface area (Å²) in [7, 11) is 1.45. The lowest BCUT2D eigenvalue weighted by atomic mass is 10.1. The van der Waals surface area contributed by atoms with Gasteiger partial charge in [0, 0.05) is 19.3 Å². The van der Waals surface area contributed by atoms with Gasteiger partial charge in [0.05, 0.1) is 16.6 Å². The number of nitriles is 1. The van der Waals surface area contributed by atoms with Gasteiger partial charge in [-0.05, 0) is 0 Å². The van der Waals surface area contributed by atoms with Crippen LogP contribution in [0.15, 0.2) is 12.3 Å². The number of rotatable bonds is 1. The summed E-state index contributed by atoms with van der Waals surface area (Å²) >= 11 is 0. The molecular formula is C11H6F3N3. The van der Waals surface area contributed by atoms with Gasteiger partial charge in [-0.2, -0.15) is 5.26 Å². The molecule has 1 aromatic carbocycles. The molecule has 0 saturated carbocycles. The summed E-state index contributed by atoms with van der Waals surface area (Å²) in [6, 6.07) is 2.22. The lowest BCUT2D eigenvalue weighted by molar-refractivity contribution is 0.504. The zero-order valence-corrected chi connectivity index (χ0v) is 8.68. The Labute approximate surface area is 94.5 Å². The molecule has 86 valence electrons. The third kappa shape index (κ3) is 1.56. The summed E-state index contributed by atoms with van der Waals surface area (Å²) in [4.78, 5) is 3.56. The van der Waals surface area contributed by atoms with Crippen LogP contribution in [0.1, 0.15) is 5.56 Å². The molecular weight excluding hydrogens is 231 g/mol. The second-order valence-corrected chi connectivity index (χ2v) is 3.29. The number of nitrogens with zero attached hydrogens (tertiary/aromatic N) is 2. The maximum atomic E-state index is 13.6. The molecule has 0 atom stereocenters. The lowest BCUT2D eigenvalue weighted by Crippen LogP contribution is -2.00. The highest BCUT2D eigenvalue weighted by atomic mass is 19.2. The number of halogens is 3. The Morgan fingerprint density at radius 1 is 1.29 bits per heavy atom. The van der Waals surface area contributed by atoms with Crippen molar-refractivity contribution in [1.29, 1.82) is 5.26 Å². The average Bonchev–Trinajstić information content (AvgIpc) is 2.34. The van der Waals surface area contributed by atoms with Gasteiger partial charge in [-0.1, -0.05) is 0 Å². The molecule has 0 fully saturated rings. The molecule has 1 N–H and O–H groups in total. The van der Waals surface area contributed by atoms with Crippen molar-refractivity contribution in [2.24, 2.45) is 0 Å². The molecule has 2 aromatic rings. The number of hydrogen-bond acceptors (Lipinski definition) is 3. The smallest absolute Gasteiger partial charge is 0.185 e.